The van der Waals surface area contributed by atoms with Crippen molar-refractivity contribution >= 4 is 16.9 Å². The number of rotatable bonds is 5. The first-order valence-corrected chi connectivity index (χ1v) is 6.77. The predicted molar refractivity (Wildman–Crippen MR) is 76.5 cm³/mol. The molecule has 0 aliphatic rings. The Bertz CT molecular complexity index is 621. The van der Waals surface area contributed by atoms with Crippen LogP contribution >= 0.6 is 0 Å². The molecule has 0 saturated heterocycles. The number of hydrogen-bond donors (Lipinski definition) is 2. The van der Waals surface area contributed by atoms with Crippen molar-refractivity contribution in [2.75, 3.05) is 6.61 Å². The lowest BCUT2D eigenvalue weighted by Crippen LogP contribution is -2.35. The van der Waals surface area contributed by atoms with Crippen LogP contribution in [0.3, 0.4) is 0 Å². The minimum Gasteiger partial charge on any atom is -0.396 e. The molecule has 20 heavy (non-hydrogen) atoms. The molecule has 2 aromatic rings. The van der Waals surface area contributed by atoms with Gasteiger partial charge in [0.15, 0.2) is 5.65 Å². The number of carbonyl (C=O) groups excluding carboxylic acids is 1. The number of fused-ring (bicyclic) bond motifs is 1. The van der Waals surface area contributed by atoms with Crippen molar-refractivity contribution in [1.82, 2.24) is 20.1 Å². The smallest absolute Gasteiger partial charge is 0.252 e. The minimum absolute atomic E-state index is 0.0207. The van der Waals surface area contributed by atoms with Crippen LogP contribution in [0.25, 0.3) is 11.0 Å². The molecule has 2 rings (SSSR count). The Morgan fingerprint density at radius 1 is 1.55 bits per heavy atom. The highest BCUT2D eigenvalue weighted by molar-refractivity contribution is 6.05. The standard InChI is InChI=1S/C14H20N4O2/c1-4-10(5-6-19)17-14(20)11-7-9(2)16-13-12(11)8-15-18(13)3/h7-8,10,19H,4-6H2,1-3H3,(H,17,20). The molecule has 1 atom stereocenters. The van der Waals surface area contributed by atoms with Gasteiger partial charge in [-0.2, -0.15) is 5.10 Å². The minimum atomic E-state index is -0.145. The van der Waals surface area contributed by atoms with E-state index in [1.165, 1.54) is 0 Å². The highest BCUT2D eigenvalue weighted by Crippen LogP contribution is 2.18. The van der Waals surface area contributed by atoms with Gasteiger partial charge in [-0.25, -0.2) is 4.98 Å². The Hall–Kier alpha value is -1.95. The van der Waals surface area contributed by atoms with Crippen LogP contribution in [0, 0.1) is 6.92 Å². The first kappa shape index (κ1) is 14.5. The summed E-state index contributed by atoms with van der Waals surface area (Å²) in [4.78, 5) is 16.8. The van der Waals surface area contributed by atoms with Crippen LogP contribution in [0.15, 0.2) is 12.3 Å². The average molecular weight is 276 g/mol. The Labute approximate surface area is 117 Å². The topological polar surface area (TPSA) is 80.0 Å². The number of amides is 1. The SMILES string of the molecule is CCC(CCO)NC(=O)c1cc(C)nc2c1cnn2C. The van der Waals surface area contributed by atoms with Crippen molar-refractivity contribution in [2.24, 2.45) is 7.05 Å². The quantitative estimate of drug-likeness (QED) is 0.859. The van der Waals surface area contributed by atoms with E-state index in [1.807, 2.05) is 13.8 Å². The zero-order chi connectivity index (χ0) is 14.7. The summed E-state index contributed by atoms with van der Waals surface area (Å²) in [5.74, 6) is -0.145. The third kappa shape index (κ3) is 2.80. The maximum atomic E-state index is 12.4. The fourth-order valence-electron chi connectivity index (χ4n) is 2.22. The van der Waals surface area contributed by atoms with E-state index in [0.29, 0.717) is 17.6 Å². The molecule has 108 valence electrons. The number of nitrogens with zero attached hydrogens (tertiary/aromatic N) is 3. The molecule has 0 aliphatic heterocycles. The van der Waals surface area contributed by atoms with Gasteiger partial charge in [-0.15, -0.1) is 0 Å². The summed E-state index contributed by atoms with van der Waals surface area (Å²) in [6, 6.07) is 1.75. The number of hydrogen-bond acceptors (Lipinski definition) is 4. The zero-order valence-corrected chi connectivity index (χ0v) is 12.1. The molecular weight excluding hydrogens is 256 g/mol. The van der Waals surface area contributed by atoms with Crippen molar-refractivity contribution in [2.45, 2.75) is 32.7 Å². The van der Waals surface area contributed by atoms with Crippen LogP contribution in [0.2, 0.25) is 0 Å². The van der Waals surface area contributed by atoms with Crippen molar-refractivity contribution in [3.05, 3.63) is 23.5 Å². The summed E-state index contributed by atoms with van der Waals surface area (Å²) in [5.41, 5.74) is 2.06. The van der Waals surface area contributed by atoms with Crippen LogP contribution in [-0.2, 0) is 7.05 Å². The van der Waals surface area contributed by atoms with Gasteiger partial charge < -0.3 is 10.4 Å². The Kier molecular flexibility index (Phi) is 4.34. The van der Waals surface area contributed by atoms with Crippen LogP contribution in [0.4, 0.5) is 0 Å². The fourth-order valence-corrected chi connectivity index (χ4v) is 2.22. The van der Waals surface area contributed by atoms with E-state index in [1.54, 1.807) is 24.0 Å². The van der Waals surface area contributed by atoms with Crippen molar-refractivity contribution < 1.29 is 9.90 Å². The maximum Gasteiger partial charge on any atom is 0.252 e. The summed E-state index contributed by atoms with van der Waals surface area (Å²) >= 11 is 0. The predicted octanol–water partition coefficient (Wildman–Crippen LogP) is 1.17. The van der Waals surface area contributed by atoms with Gasteiger partial charge in [0.25, 0.3) is 5.91 Å². The van der Waals surface area contributed by atoms with Crippen LogP contribution < -0.4 is 5.32 Å². The molecule has 6 heteroatoms. The van der Waals surface area contributed by atoms with Crippen LogP contribution in [0.1, 0.15) is 35.8 Å². The van der Waals surface area contributed by atoms with Gasteiger partial charge in [0.05, 0.1) is 17.1 Å². The molecule has 0 fully saturated rings. The lowest BCUT2D eigenvalue weighted by atomic mass is 10.1. The molecule has 1 amide bonds. The summed E-state index contributed by atoms with van der Waals surface area (Å²) < 4.78 is 1.66. The van der Waals surface area contributed by atoms with Crippen LogP contribution in [0.5, 0.6) is 0 Å². The average Bonchev–Trinajstić information content (AvgIpc) is 2.79. The van der Waals surface area contributed by atoms with Crippen LogP contribution in [-0.4, -0.2) is 38.4 Å². The number of aromatic nitrogens is 3. The molecule has 0 aromatic carbocycles. The Balaban J connectivity index is 2.34. The highest BCUT2D eigenvalue weighted by Gasteiger charge is 2.17. The number of nitrogens with one attached hydrogen (secondary N) is 1. The summed E-state index contributed by atoms with van der Waals surface area (Å²) in [6.45, 7) is 3.91. The lowest BCUT2D eigenvalue weighted by molar-refractivity contribution is 0.0930. The lowest BCUT2D eigenvalue weighted by Gasteiger charge is -2.16. The first-order valence-electron chi connectivity index (χ1n) is 6.77. The van der Waals surface area contributed by atoms with E-state index in [2.05, 4.69) is 15.4 Å². The molecule has 2 heterocycles. The Morgan fingerprint density at radius 2 is 2.30 bits per heavy atom. The molecule has 0 bridgehead atoms. The second kappa shape index (κ2) is 6.00. The number of aliphatic hydroxyl groups is 1. The van der Waals surface area contributed by atoms with Crippen molar-refractivity contribution in [1.29, 1.82) is 0 Å². The van der Waals surface area contributed by atoms with Gasteiger partial charge in [-0.05, 0) is 25.8 Å². The summed E-state index contributed by atoms with van der Waals surface area (Å²) in [7, 11) is 1.80. The molecule has 0 spiro atoms. The van der Waals surface area contributed by atoms with Gasteiger partial charge in [0.1, 0.15) is 0 Å². The second-order valence-corrected chi connectivity index (χ2v) is 4.91. The second-order valence-electron chi connectivity index (χ2n) is 4.91. The molecule has 0 saturated carbocycles. The van der Waals surface area contributed by atoms with Gasteiger partial charge in [-0.1, -0.05) is 6.92 Å². The monoisotopic (exact) mass is 276 g/mol. The maximum absolute atomic E-state index is 12.4. The van der Waals surface area contributed by atoms with Gasteiger partial charge in [-0.3, -0.25) is 9.48 Å². The molecular formula is C14H20N4O2. The van der Waals surface area contributed by atoms with Gasteiger partial charge in [0.2, 0.25) is 0 Å². The van der Waals surface area contributed by atoms with E-state index in [4.69, 9.17) is 5.11 Å². The molecule has 1 unspecified atom stereocenters. The first-order chi connectivity index (χ1) is 9.56. The van der Waals surface area contributed by atoms with Crippen molar-refractivity contribution in [3.63, 3.8) is 0 Å². The van der Waals surface area contributed by atoms with E-state index in [0.717, 1.165) is 17.5 Å². The zero-order valence-electron chi connectivity index (χ0n) is 12.1. The third-order valence-corrected chi connectivity index (χ3v) is 3.38. The molecule has 2 N–H and O–H groups in total. The molecule has 0 radical (unpaired) electrons. The van der Waals surface area contributed by atoms with E-state index in [9.17, 15) is 4.79 Å². The largest absolute Gasteiger partial charge is 0.396 e. The number of pyridine rings is 1. The van der Waals surface area contributed by atoms with Gasteiger partial charge in [0, 0.05) is 25.4 Å². The van der Waals surface area contributed by atoms with Crippen molar-refractivity contribution in [3.8, 4) is 0 Å². The van der Waals surface area contributed by atoms with E-state index < -0.39 is 0 Å². The number of aryl methyl sites for hydroxylation is 2. The summed E-state index contributed by atoms with van der Waals surface area (Å²) in [5, 5.41) is 16.8. The normalized spacial score (nSPS) is 12.6. The highest BCUT2D eigenvalue weighted by atomic mass is 16.3. The summed E-state index contributed by atoms with van der Waals surface area (Å²) in [6.07, 6.45) is 3.00. The molecule has 0 aliphatic carbocycles. The Morgan fingerprint density at radius 3 is 2.95 bits per heavy atom. The van der Waals surface area contributed by atoms with E-state index in [-0.39, 0.29) is 18.6 Å². The third-order valence-electron chi connectivity index (χ3n) is 3.38. The number of aliphatic hydroxyl groups excluding tert-OH is 1. The molecule has 2 aromatic heterocycles. The molecule has 6 nitrogen and oxygen atoms in total. The van der Waals surface area contributed by atoms with Gasteiger partial charge >= 0.3 is 0 Å². The fraction of sp³-hybridized carbons (Fsp3) is 0.500. The van der Waals surface area contributed by atoms with E-state index >= 15 is 0 Å². The number of carbonyl (C=O) groups is 1.